The van der Waals surface area contributed by atoms with E-state index in [4.69, 9.17) is 10.5 Å². The van der Waals surface area contributed by atoms with Crippen LogP contribution in [0.2, 0.25) is 0 Å². The van der Waals surface area contributed by atoms with E-state index in [2.05, 4.69) is 23.7 Å². The number of hydrogen-bond donors (Lipinski definition) is 1. The van der Waals surface area contributed by atoms with Gasteiger partial charge in [-0.25, -0.2) is 4.98 Å². The van der Waals surface area contributed by atoms with E-state index in [0.717, 1.165) is 12.8 Å². The van der Waals surface area contributed by atoms with E-state index in [0.29, 0.717) is 11.4 Å². The van der Waals surface area contributed by atoms with Crippen LogP contribution in [-0.2, 0) is 0 Å². The molecular formula is C12H16N2O. The highest BCUT2D eigenvalue weighted by Gasteiger charge is 1.99. The fourth-order valence-corrected chi connectivity index (χ4v) is 1.19. The van der Waals surface area contributed by atoms with Crippen LogP contribution in [0, 0.1) is 11.8 Å². The summed E-state index contributed by atoms with van der Waals surface area (Å²) in [5.74, 6) is 6.59. The van der Waals surface area contributed by atoms with Crippen molar-refractivity contribution in [2.45, 2.75) is 25.8 Å². The maximum Gasteiger partial charge on any atom is 0.155 e. The van der Waals surface area contributed by atoms with Crippen molar-refractivity contribution < 1.29 is 4.74 Å². The number of methoxy groups -OCH3 is 1. The molecule has 1 aromatic rings. The van der Waals surface area contributed by atoms with Gasteiger partial charge in [0.25, 0.3) is 0 Å². The zero-order valence-corrected chi connectivity index (χ0v) is 9.16. The highest BCUT2D eigenvalue weighted by Crippen LogP contribution is 2.12. The Morgan fingerprint density at radius 3 is 3.07 bits per heavy atom. The van der Waals surface area contributed by atoms with Gasteiger partial charge in [-0.15, -0.1) is 0 Å². The molecule has 0 aromatic carbocycles. The van der Waals surface area contributed by atoms with Crippen molar-refractivity contribution in [3.8, 4) is 17.6 Å². The molecule has 0 aliphatic heterocycles. The molecule has 1 unspecified atom stereocenters. The van der Waals surface area contributed by atoms with Gasteiger partial charge >= 0.3 is 0 Å². The fourth-order valence-electron chi connectivity index (χ4n) is 1.19. The summed E-state index contributed by atoms with van der Waals surface area (Å²) in [6.07, 6.45) is 3.63. The molecule has 0 amide bonds. The minimum Gasteiger partial charge on any atom is -0.494 e. The maximum absolute atomic E-state index is 5.78. The van der Waals surface area contributed by atoms with Gasteiger partial charge in [0, 0.05) is 6.20 Å². The summed E-state index contributed by atoms with van der Waals surface area (Å²) in [6, 6.07) is 3.57. The second-order valence-electron chi connectivity index (χ2n) is 3.22. The molecule has 0 radical (unpaired) electrons. The van der Waals surface area contributed by atoms with Gasteiger partial charge in [-0.3, -0.25) is 0 Å². The van der Waals surface area contributed by atoms with Gasteiger partial charge < -0.3 is 10.5 Å². The van der Waals surface area contributed by atoms with Crippen molar-refractivity contribution in [1.29, 1.82) is 0 Å². The summed E-state index contributed by atoms with van der Waals surface area (Å²) in [7, 11) is 1.61. The lowest BCUT2D eigenvalue weighted by atomic mass is 10.2. The molecule has 1 atom stereocenters. The van der Waals surface area contributed by atoms with Crippen LogP contribution < -0.4 is 10.5 Å². The van der Waals surface area contributed by atoms with Crippen LogP contribution in [-0.4, -0.2) is 18.1 Å². The Balaban J connectivity index is 2.78. The van der Waals surface area contributed by atoms with Gasteiger partial charge in [-0.2, -0.15) is 0 Å². The molecule has 15 heavy (non-hydrogen) atoms. The van der Waals surface area contributed by atoms with Crippen molar-refractivity contribution in [1.82, 2.24) is 4.98 Å². The molecule has 0 bridgehead atoms. The molecule has 0 fully saturated rings. The molecule has 3 nitrogen and oxygen atoms in total. The third-order valence-corrected chi connectivity index (χ3v) is 1.97. The smallest absolute Gasteiger partial charge is 0.155 e. The van der Waals surface area contributed by atoms with E-state index in [9.17, 15) is 0 Å². The van der Waals surface area contributed by atoms with Crippen LogP contribution in [0.4, 0.5) is 0 Å². The predicted octanol–water partition coefficient (Wildman–Crippen LogP) is 1.57. The van der Waals surface area contributed by atoms with E-state index in [-0.39, 0.29) is 6.04 Å². The molecular weight excluding hydrogens is 188 g/mol. The predicted molar refractivity (Wildman–Crippen MR) is 60.6 cm³/mol. The molecule has 0 spiro atoms. The second kappa shape index (κ2) is 6.05. The molecule has 3 heteroatoms. The normalized spacial score (nSPS) is 11.4. The molecule has 1 aromatic heterocycles. The number of nitrogens with zero attached hydrogens (tertiary/aromatic N) is 1. The van der Waals surface area contributed by atoms with Gasteiger partial charge in [-0.05, 0) is 24.5 Å². The maximum atomic E-state index is 5.78. The summed E-state index contributed by atoms with van der Waals surface area (Å²) < 4.78 is 5.13. The standard InChI is InChI=1S/C12H16N2O/c1-3-5-10(13)7-8-11-12(15-2)6-4-9-14-11/h4,6,9-10H,3,5,13H2,1-2H3. The fraction of sp³-hybridized carbons (Fsp3) is 0.417. The molecule has 80 valence electrons. The van der Waals surface area contributed by atoms with Crippen molar-refractivity contribution in [2.24, 2.45) is 5.73 Å². The zero-order chi connectivity index (χ0) is 11.1. The highest BCUT2D eigenvalue weighted by molar-refractivity contribution is 5.40. The van der Waals surface area contributed by atoms with E-state index in [1.165, 1.54) is 0 Å². The Kier molecular flexibility index (Phi) is 4.65. The van der Waals surface area contributed by atoms with Crippen LogP contribution in [0.25, 0.3) is 0 Å². The number of ether oxygens (including phenoxy) is 1. The molecule has 0 saturated carbocycles. The molecule has 2 N–H and O–H groups in total. The van der Waals surface area contributed by atoms with Crippen LogP contribution in [0.1, 0.15) is 25.5 Å². The van der Waals surface area contributed by atoms with E-state index in [1.807, 2.05) is 12.1 Å². The molecule has 0 aliphatic carbocycles. The Bertz CT molecular complexity index is 365. The topological polar surface area (TPSA) is 48.1 Å². The van der Waals surface area contributed by atoms with Gasteiger partial charge in [0.2, 0.25) is 0 Å². The number of rotatable bonds is 3. The average molecular weight is 204 g/mol. The van der Waals surface area contributed by atoms with Gasteiger partial charge in [0.05, 0.1) is 13.2 Å². The number of pyridine rings is 1. The number of aromatic nitrogens is 1. The van der Waals surface area contributed by atoms with Gasteiger partial charge in [0.1, 0.15) is 0 Å². The number of nitrogens with two attached hydrogens (primary N) is 1. The summed E-state index contributed by atoms with van der Waals surface area (Å²) in [4.78, 5) is 4.13. The Morgan fingerprint density at radius 1 is 1.60 bits per heavy atom. The van der Waals surface area contributed by atoms with Crippen molar-refractivity contribution in [2.75, 3.05) is 7.11 Å². The summed E-state index contributed by atoms with van der Waals surface area (Å²) in [5.41, 5.74) is 6.43. The van der Waals surface area contributed by atoms with E-state index < -0.39 is 0 Å². The first-order valence-electron chi connectivity index (χ1n) is 5.04. The summed E-state index contributed by atoms with van der Waals surface area (Å²) in [5, 5.41) is 0. The molecule has 0 aliphatic rings. The average Bonchev–Trinajstić information content (AvgIpc) is 2.27. The van der Waals surface area contributed by atoms with E-state index in [1.54, 1.807) is 13.3 Å². The second-order valence-corrected chi connectivity index (χ2v) is 3.22. The Morgan fingerprint density at radius 2 is 2.40 bits per heavy atom. The SMILES string of the molecule is CCCC(N)C#Cc1ncccc1OC. The third-order valence-electron chi connectivity index (χ3n) is 1.97. The summed E-state index contributed by atoms with van der Waals surface area (Å²) >= 11 is 0. The number of hydrogen-bond acceptors (Lipinski definition) is 3. The minimum atomic E-state index is -0.0817. The van der Waals surface area contributed by atoms with Crippen LogP contribution >= 0.6 is 0 Å². The van der Waals surface area contributed by atoms with Crippen LogP contribution in [0.3, 0.4) is 0 Å². The molecule has 1 rings (SSSR count). The molecule has 0 saturated heterocycles. The third kappa shape index (κ3) is 3.61. The Labute approximate surface area is 90.7 Å². The van der Waals surface area contributed by atoms with Crippen molar-refractivity contribution in [3.05, 3.63) is 24.0 Å². The first-order chi connectivity index (χ1) is 7.27. The zero-order valence-electron chi connectivity index (χ0n) is 9.16. The van der Waals surface area contributed by atoms with Crippen molar-refractivity contribution in [3.63, 3.8) is 0 Å². The lowest BCUT2D eigenvalue weighted by molar-refractivity contribution is 0.411. The monoisotopic (exact) mass is 204 g/mol. The van der Waals surface area contributed by atoms with Crippen LogP contribution in [0.15, 0.2) is 18.3 Å². The lowest BCUT2D eigenvalue weighted by Gasteiger charge is -2.01. The van der Waals surface area contributed by atoms with Crippen molar-refractivity contribution >= 4 is 0 Å². The first-order valence-corrected chi connectivity index (χ1v) is 5.04. The van der Waals surface area contributed by atoms with Gasteiger partial charge in [0.15, 0.2) is 11.4 Å². The van der Waals surface area contributed by atoms with Crippen LogP contribution in [0.5, 0.6) is 5.75 Å². The highest BCUT2D eigenvalue weighted by atomic mass is 16.5. The summed E-state index contributed by atoms with van der Waals surface area (Å²) in [6.45, 7) is 2.09. The lowest BCUT2D eigenvalue weighted by Crippen LogP contribution is -2.16. The Hall–Kier alpha value is -1.53. The first kappa shape index (κ1) is 11.5. The molecule has 1 heterocycles. The largest absolute Gasteiger partial charge is 0.494 e. The van der Waals surface area contributed by atoms with E-state index >= 15 is 0 Å². The minimum absolute atomic E-state index is 0.0817. The quantitative estimate of drug-likeness (QED) is 0.760. The van der Waals surface area contributed by atoms with Gasteiger partial charge in [-0.1, -0.05) is 19.3 Å².